The van der Waals surface area contributed by atoms with Gasteiger partial charge in [-0.2, -0.15) is 0 Å². The minimum atomic E-state index is 0.305. The first-order valence-electron chi connectivity index (χ1n) is 5.56. The van der Waals surface area contributed by atoms with E-state index in [4.69, 9.17) is 0 Å². The molecule has 0 fully saturated rings. The number of hydrogen-bond acceptors (Lipinski definition) is 2. The van der Waals surface area contributed by atoms with Gasteiger partial charge >= 0.3 is 0 Å². The van der Waals surface area contributed by atoms with Gasteiger partial charge in [-0.05, 0) is 31.2 Å². The molecule has 0 saturated carbocycles. The van der Waals surface area contributed by atoms with Crippen LogP contribution in [0.2, 0.25) is 0 Å². The van der Waals surface area contributed by atoms with Gasteiger partial charge in [0.2, 0.25) is 0 Å². The molecule has 0 amide bonds. The molecule has 0 saturated heterocycles. The molecule has 1 aliphatic rings. The number of fused-ring (bicyclic) bond motifs is 1. The van der Waals surface area contributed by atoms with Gasteiger partial charge in [0, 0.05) is 5.69 Å². The molecule has 1 atom stereocenters. The van der Waals surface area contributed by atoms with Crippen molar-refractivity contribution in [3.05, 3.63) is 54.6 Å². The Morgan fingerprint density at radius 3 is 2.44 bits per heavy atom. The van der Waals surface area contributed by atoms with Gasteiger partial charge in [0.1, 0.15) is 6.17 Å². The van der Waals surface area contributed by atoms with Crippen molar-refractivity contribution in [2.45, 2.75) is 13.1 Å². The molecule has 0 spiro atoms. The Labute approximate surface area is 95.5 Å². The molecular weight excluding hydrogens is 196 g/mol. The van der Waals surface area contributed by atoms with Crippen LogP contribution in [0.25, 0.3) is 0 Å². The van der Waals surface area contributed by atoms with Gasteiger partial charge in [-0.3, -0.25) is 0 Å². The molecule has 3 rings (SSSR count). The van der Waals surface area contributed by atoms with E-state index in [2.05, 4.69) is 65.7 Å². The Balaban J connectivity index is 2.09. The van der Waals surface area contributed by atoms with E-state index in [0.29, 0.717) is 6.17 Å². The third-order valence-electron chi connectivity index (χ3n) is 2.95. The fourth-order valence-corrected chi connectivity index (χ4v) is 2.26. The maximum atomic E-state index is 3.47. The van der Waals surface area contributed by atoms with Crippen LogP contribution in [0.5, 0.6) is 0 Å². The van der Waals surface area contributed by atoms with Gasteiger partial charge in [-0.15, -0.1) is 0 Å². The molecule has 16 heavy (non-hydrogen) atoms. The lowest BCUT2D eigenvalue weighted by atomic mass is 10.2. The molecule has 1 aliphatic heterocycles. The summed E-state index contributed by atoms with van der Waals surface area (Å²) in [5, 5.41) is 3.47. The molecule has 1 unspecified atom stereocenters. The van der Waals surface area contributed by atoms with Gasteiger partial charge in [0.15, 0.2) is 0 Å². The fraction of sp³-hybridized carbons (Fsp3) is 0.143. The molecular formula is C14H14N2. The molecule has 2 aromatic carbocycles. The van der Waals surface area contributed by atoms with Crippen molar-refractivity contribution in [2.24, 2.45) is 0 Å². The summed E-state index contributed by atoms with van der Waals surface area (Å²) >= 11 is 0. The minimum Gasteiger partial charge on any atom is -0.363 e. The minimum absolute atomic E-state index is 0.305. The molecule has 2 heteroatoms. The number of nitrogens with zero attached hydrogens (tertiary/aromatic N) is 1. The Bertz CT molecular complexity index is 493. The summed E-state index contributed by atoms with van der Waals surface area (Å²) in [4.78, 5) is 2.31. The molecule has 0 aromatic heterocycles. The van der Waals surface area contributed by atoms with Crippen LogP contribution in [0.4, 0.5) is 17.1 Å². The smallest absolute Gasteiger partial charge is 0.101 e. The first-order chi connectivity index (χ1) is 7.86. The second-order valence-corrected chi connectivity index (χ2v) is 4.04. The Kier molecular flexibility index (Phi) is 2.07. The second kappa shape index (κ2) is 3.56. The van der Waals surface area contributed by atoms with E-state index in [1.54, 1.807) is 0 Å². The highest BCUT2D eigenvalue weighted by atomic mass is 15.3. The number of para-hydroxylation sites is 3. The highest BCUT2D eigenvalue weighted by Gasteiger charge is 2.25. The van der Waals surface area contributed by atoms with E-state index in [9.17, 15) is 0 Å². The van der Waals surface area contributed by atoms with Crippen LogP contribution in [-0.4, -0.2) is 6.17 Å². The highest BCUT2D eigenvalue weighted by molar-refractivity contribution is 5.82. The summed E-state index contributed by atoms with van der Waals surface area (Å²) in [6.07, 6.45) is 0.305. The number of hydrogen-bond donors (Lipinski definition) is 1. The van der Waals surface area contributed by atoms with Crippen molar-refractivity contribution in [1.29, 1.82) is 0 Å². The standard InChI is InChI=1S/C14H14N2/c1-11-15-13-9-5-6-10-14(13)16(11)12-7-3-2-4-8-12/h2-11,15H,1H3. The van der Waals surface area contributed by atoms with E-state index in [1.807, 2.05) is 6.07 Å². The largest absolute Gasteiger partial charge is 0.363 e. The molecule has 0 bridgehead atoms. The number of rotatable bonds is 1. The fourth-order valence-electron chi connectivity index (χ4n) is 2.26. The van der Waals surface area contributed by atoms with Crippen LogP contribution < -0.4 is 10.2 Å². The van der Waals surface area contributed by atoms with Crippen LogP contribution in [0.1, 0.15) is 6.92 Å². The van der Waals surface area contributed by atoms with E-state index < -0.39 is 0 Å². The van der Waals surface area contributed by atoms with Crippen molar-refractivity contribution in [3.63, 3.8) is 0 Å². The average molecular weight is 210 g/mol. The lowest BCUT2D eigenvalue weighted by molar-refractivity contribution is 0.843. The lowest BCUT2D eigenvalue weighted by Crippen LogP contribution is -2.28. The van der Waals surface area contributed by atoms with Crippen LogP contribution in [0.3, 0.4) is 0 Å². The quantitative estimate of drug-likeness (QED) is 0.773. The average Bonchev–Trinajstić information content (AvgIpc) is 2.66. The second-order valence-electron chi connectivity index (χ2n) is 4.04. The van der Waals surface area contributed by atoms with Gasteiger partial charge in [0.05, 0.1) is 11.4 Å². The van der Waals surface area contributed by atoms with Gasteiger partial charge < -0.3 is 10.2 Å². The van der Waals surface area contributed by atoms with E-state index in [-0.39, 0.29) is 0 Å². The van der Waals surface area contributed by atoms with Crippen molar-refractivity contribution in [3.8, 4) is 0 Å². The van der Waals surface area contributed by atoms with Crippen molar-refractivity contribution >= 4 is 17.1 Å². The van der Waals surface area contributed by atoms with E-state index in [0.717, 1.165) is 0 Å². The predicted octanol–water partition coefficient (Wildman–Crippen LogP) is 3.60. The maximum absolute atomic E-state index is 3.47. The third-order valence-corrected chi connectivity index (χ3v) is 2.95. The zero-order valence-electron chi connectivity index (χ0n) is 9.22. The molecule has 2 nitrogen and oxygen atoms in total. The Morgan fingerprint density at radius 2 is 1.62 bits per heavy atom. The van der Waals surface area contributed by atoms with Crippen LogP contribution >= 0.6 is 0 Å². The summed E-state index contributed by atoms with van der Waals surface area (Å²) in [5.74, 6) is 0. The van der Waals surface area contributed by atoms with E-state index >= 15 is 0 Å². The zero-order valence-corrected chi connectivity index (χ0v) is 9.22. The van der Waals surface area contributed by atoms with Gasteiger partial charge in [-0.1, -0.05) is 30.3 Å². The molecule has 0 aliphatic carbocycles. The number of benzene rings is 2. The summed E-state index contributed by atoms with van der Waals surface area (Å²) in [6, 6.07) is 18.9. The topological polar surface area (TPSA) is 15.3 Å². The Morgan fingerprint density at radius 1 is 0.938 bits per heavy atom. The molecule has 0 radical (unpaired) electrons. The predicted molar refractivity (Wildman–Crippen MR) is 68.1 cm³/mol. The van der Waals surface area contributed by atoms with E-state index in [1.165, 1.54) is 17.1 Å². The molecule has 80 valence electrons. The summed E-state index contributed by atoms with van der Waals surface area (Å²) in [6.45, 7) is 2.17. The normalized spacial score (nSPS) is 18.1. The summed E-state index contributed by atoms with van der Waals surface area (Å²) in [7, 11) is 0. The van der Waals surface area contributed by atoms with Gasteiger partial charge in [-0.25, -0.2) is 0 Å². The SMILES string of the molecule is CC1Nc2ccccc2N1c1ccccc1. The number of anilines is 3. The maximum Gasteiger partial charge on any atom is 0.101 e. The van der Waals surface area contributed by atoms with Crippen molar-refractivity contribution in [2.75, 3.05) is 10.2 Å². The summed E-state index contributed by atoms with van der Waals surface area (Å²) < 4.78 is 0. The van der Waals surface area contributed by atoms with Crippen molar-refractivity contribution < 1.29 is 0 Å². The molecule has 1 N–H and O–H groups in total. The third kappa shape index (κ3) is 1.34. The first kappa shape index (κ1) is 9.28. The van der Waals surface area contributed by atoms with Crippen LogP contribution in [0, 0.1) is 0 Å². The number of nitrogens with one attached hydrogen (secondary N) is 1. The molecule has 1 heterocycles. The first-order valence-corrected chi connectivity index (χ1v) is 5.56. The highest BCUT2D eigenvalue weighted by Crippen LogP contribution is 2.39. The van der Waals surface area contributed by atoms with Crippen LogP contribution in [0.15, 0.2) is 54.6 Å². The lowest BCUT2D eigenvalue weighted by Gasteiger charge is -2.23. The molecule has 2 aromatic rings. The van der Waals surface area contributed by atoms with Crippen molar-refractivity contribution in [1.82, 2.24) is 0 Å². The monoisotopic (exact) mass is 210 g/mol. The zero-order chi connectivity index (χ0) is 11.0. The summed E-state index contributed by atoms with van der Waals surface area (Å²) in [5.41, 5.74) is 3.69. The van der Waals surface area contributed by atoms with Gasteiger partial charge in [0.25, 0.3) is 0 Å². The Hall–Kier alpha value is -1.96. The van der Waals surface area contributed by atoms with Crippen LogP contribution in [-0.2, 0) is 0 Å².